The van der Waals surface area contributed by atoms with Crippen molar-refractivity contribution in [3.63, 3.8) is 0 Å². The first-order chi connectivity index (χ1) is 8.96. The Kier molecular flexibility index (Phi) is 8.58. The topological polar surface area (TPSA) is 52.6 Å². The Hall–Kier alpha value is -1.58. The van der Waals surface area contributed by atoms with Gasteiger partial charge in [0.2, 0.25) is 0 Å². The van der Waals surface area contributed by atoms with E-state index in [1.54, 1.807) is 13.8 Å². The third-order valence-corrected chi connectivity index (χ3v) is 2.66. The van der Waals surface area contributed by atoms with Crippen molar-refractivity contribution in [2.75, 3.05) is 13.2 Å². The first-order valence-electron chi connectivity index (χ1n) is 6.57. The number of rotatable bonds is 8. The van der Waals surface area contributed by atoms with E-state index in [0.717, 1.165) is 11.1 Å². The Bertz CT molecular complexity index is 337. The summed E-state index contributed by atoms with van der Waals surface area (Å²) in [5.74, 6) is -1.99. The summed E-state index contributed by atoms with van der Waals surface area (Å²) in [6, 6.07) is 0. The standard InChI is InChI=1S/C15H24O4/c1-6-11(4)9-12(5)10-13(14(16)18-7-2)15(17)19-8-3/h6,13H,5,7-10H2,1-4H3/b11-6-. The van der Waals surface area contributed by atoms with Gasteiger partial charge >= 0.3 is 11.9 Å². The summed E-state index contributed by atoms with van der Waals surface area (Å²) in [7, 11) is 0. The Morgan fingerprint density at radius 3 is 2.00 bits per heavy atom. The van der Waals surface area contributed by atoms with Crippen LogP contribution in [0.3, 0.4) is 0 Å². The smallest absolute Gasteiger partial charge is 0.320 e. The summed E-state index contributed by atoms with van der Waals surface area (Å²) in [4.78, 5) is 23.5. The summed E-state index contributed by atoms with van der Waals surface area (Å²) >= 11 is 0. The van der Waals surface area contributed by atoms with Crippen molar-refractivity contribution in [1.29, 1.82) is 0 Å². The summed E-state index contributed by atoms with van der Waals surface area (Å²) in [6.45, 7) is 11.7. The lowest BCUT2D eigenvalue weighted by atomic mass is 9.96. The van der Waals surface area contributed by atoms with Crippen molar-refractivity contribution < 1.29 is 19.1 Å². The molecule has 0 aliphatic heterocycles. The number of hydrogen-bond donors (Lipinski definition) is 0. The van der Waals surface area contributed by atoms with Gasteiger partial charge in [-0.3, -0.25) is 9.59 Å². The van der Waals surface area contributed by atoms with E-state index in [9.17, 15) is 9.59 Å². The van der Waals surface area contributed by atoms with Crippen LogP contribution in [0, 0.1) is 5.92 Å². The van der Waals surface area contributed by atoms with E-state index >= 15 is 0 Å². The Morgan fingerprint density at radius 1 is 1.16 bits per heavy atom. The zero-order valence-corrected chi connectivity index (χ0v) is 12.3. The normalized spacial score (nSPS) is 11.3. The Balaban J connectivity index is 4.71. The maximum atomic E-state index is 11.8. The third-order valence-electron chi connectivity index (χ3n) is 2.66. The van der Waals surface area contributed by atoms with Crippen LogP contribution in [0.1, 0.15) is 40.5 Å². The molecule has 4 nitrogen and oxygen atoms in total. The van der Waals surface area contributed by atoms with Gasteiger partial charge in [-0.05, 0) is 40.5 Å². The highest BCUT2D eigenvalue weighted by Crippen LogP contribution is 2.20. The van der Waals surface area contributed by atoms with Crippen LogP contribution in [0.5, 0.6) is 0 Å². The fourth-order valence-corrected chi connectivity index (χ4v) is 1.61. The molecule has 4 heteroatoms. The molecule has 0 atom stereocenters. The lowest BCUT2D eigenvalue weighted by molar-refractivity contribution is -0.161. The van der Waals surface area contributed by atoms with Gasteiger partial charge in [0.1, 0.15) is 0 Å². The zero-order valence-electron chi connectivity index (χ0n) is 12.3. The minimum absolute atomic E-state index is 0.245. The van der Waals surface area contributed by atoms with Gasteiger partial charge in [-0.2, -0.15) is 0 Å². The van der Waals surface area contributed by atoms with E-state index in [1.807, 2.05) is 19.9 Å². The highest BCUT2D eigenvalue weighted by atomic mass is 16.6. The molecule has 0 aromatic heterocycles. The number of carbonyl (C=O) groups is 2. The van der Waals surface area contributed by atoms with Gasteiger partial charge in [0.15, 0.2) is 5.92 Å². The fourth-order valence-electron chi connectivity index (χ4n) is 1.61. The van der Waals surface area contributed by atoms with Crippen molar-refractivity contribution >= 4 is 11.9 Å². The minimum Gasteiger partial charge on any atom is -0.465 e. The highest BCUT2D eigenvalue weighted by molar-refractivity contribution is 5.95. The molecule has 0 unspecified atom stereocenters. The van der Waals surface area contributed by atoms with Crippen LogP contribution in [0.25, 0.3) is 0 Å². The molecule has 0 aromatic rings. The van der Waals surface area contributed by atoms with Crippen LogP contribution in [0.2, 0.25) is 0 Å². The van der Waals surface area contributed by atoms with Gasteiger partial charge in [0, 0.05) is 0 Å². The molecule has 0 saturated carbocycles. The van der Waals surface area contributed by atoms with Crippen LogP contribution >= 0.6 is 0 Å². The second kappa shape index (κ2) is 9.36. The van der Waals surface area contributed by atoms with Gasteiger partial charge in [-0.25, -0.2) is 0 Å². The van der Waals surface area contributed by atoms with E-state index in [2.05, 4.69) is 6.58 Å². The summed E-state index contributed by atoms with van der Waals surface area (Å²) in [5, 5.41) is 0. The summed E-state index contributed by atoms with van der Waals surface area (Å²) in [6.07, 6.45) is 2.92. The molecule has 0 aromatic carbocycles. The van der Waals surface area contributed by atoms with E-state index in [0.29, 0.717) is 6.42 Å². The second-order valence-electron chi connectivity index (χ2n) is 4.32. The van der Waals surface area contributed by atoms with Gasteiger partial charge in [0.25, 0.3) is 0 Å². The molecule has 0 aliphatic rings. The number of hydrogen-bond acceptors (Lipinski definition) is 4. The number of esters is 2. The highest BCUT2D eigenvalue weighted by Gasteiger charge is 2.29. The van der Waals surface area contributed by atoms with Crippen molar-refractivity contribution in [3.05, 3.63) is 23.8 Å². The average Bonchev–Trinajstić information content (AvgIpc) is 2.36. The van der Waals surface area contributed by atoms with E-state index < -0.39 is 17.9 Å². The van der Waals surface area contributed by atoms with Crippen LogP contribution < -0.4 is 0 Å². The van der Waals surface area contributed by atoms with Gasteiger partial charge in [0.05, 0.1) is 13.2 Å². The monoisotopic (exact) mass is 268 g/mol. The van der Waals surface area contributed by atoms with E-state index in [-0.39, 0.29) is 19.6 Å². The van der Waals surface area contributed by atoms with Crippen molar-refractivity contribution in [3.8, 4) is 0 Å². The molecule has 0 saturated heterocycles. The van der Waals surface area contributed by atoms with Gasteiger partial charge in [-0.1, -0.05) is 23.8 Å². The number of ether oxygens (including phenoxy) is 2. The maximum absolute atomic E-state index is 11.8. The molecule has 0 fully saturated rings. The van der Waals surface area contributed by atoms with Crippen LogP contribution in [-0.4, -0.2) is 25.2 Å². The predicted molar refractivity (Wildman–Crippen MR) is 74.6 cm³/mol. The third kappa shape index (κ3) is 6.79. The molecule has 19 heavy (non-hydrogen) atoms. The van der Waals surface area contributed by atoms with Crippen LogP contribution in [-0.2, 0) is 19.1 Å². The van der Waals surface area contributed by atoms with E-state index in [1.165, 1.54) is 0 Å². The number of carbonyl (C=O) groups excluding carboxylic acids is 2. The predicted octanol–water partition coefficient (Wildman–Crippen LogP) is 3.03. The van der Waals surface area contributed by atoms with Crippen LogP contribution in [0.4, 0.5) is 0 Å². The molecule has 0 N–H and O–H groups in total. The van der Waals surface area contributed by atoms with Gasteiger partial charge < -0.3 is 9.47 Å². The molecule has 0 aliphatic carbocycles. The number of allylic oxidation sites excluding steroid dienone is 3. The SMILES string of the molecule is C=C(C/C(C)=C\C)CC(C(=O)OCC)C(=O)OCC. The molecular formula is C15H24O4. The second-order valence-corrected chi connectivity index (χ2v) is 4.32. The Labute approximate surface area is 115 Å². The van der Waals surface area contributed by atoms with Crippen molar-refractivity contribution in [2.24, 2.45) is 5.92 Å². The van der Waals surface area contributed by atoms with Crippen molar-refractivity contribution in [1.82, 2.24) is 0 Å². The van der Waals surface area contributed by atoms with Gasteiger partial charge in [-0.15, -0.1) is 0 Å². The summed E-state index contributed by atoms with van der Waals surface area (Å²) < 4.78 is 9.82. The Morgan fingerprint density at radius 2 is 1.63 bits per heavy atom. The first-order valence-corrected chi connectivity index (χ1v) is 6.57. The molecule has 0 radical (unpaired) electrons. The first kappa shape index (κ1) is 17.4. The molecule has 0 spiro atoms. The quantitative estimate of drug-likeness (QED) is 0.386. The minimum atomic E-state index is -0.906. The molecule has 0 bridgehead atoms. The molecular weight excluding hydrogens is 244 g/mol. The molecule has 0 rings (SSSR count). The van der Waals surface area contributed by atoms with E-state index in [4.69, 9.17) is 9.47 Å². The van der Waals surface area contributed by atoms with Crippen molar-refractivity contribution in [2.45, 2.75) is 40.5 Å². The molecule has 0 amide bonds. The average molecular weight is 268 g/mol. The zero-order chi connectivity index (χ0) is 14.8. The largest absolute Gasteiger partial charge is 0.465 e. The lowest BCUT2D eigenvalue weighted by Crippen LogP contribution is -2.28. The molecule has 0 heterocycles. The maximum Gasteiger partial charge on any atom is 0.320 e. The lowest BCUT2D eigenvalue weighted by Gasteiger charge is -2.15. The molecule has 108 valence electrons. The fraction of sp³-hybridized carbons (Fsp3) is 0.600. The van der Waals surface area contributed by atoms with Crippen LogP contribution in [0.15, 0.2) is 23.8 Å². The summed E-state index contributed by atoms with van der Waals surface area (Å²) in [5.41, 5.74) is 1.97.